The molecule has 0 aromatic carbocycles. The topological polar surface area (TPSA) is 95.8 Å². The molecule has 1 N–H and O–H groups in total. The van der Waals surface area contributed by atoms with Gasteiger partial charge in [0, 0.05) is 44.3 Å². The minimum Gasteiger partial charge on any atom is -0.348 e. The molecule has 2 aromatic heterocycles. The lowest BCUT2D eigenvalue weighted by Gasteiger charge is -2.36. The molecule has 2 aromatic rings. The van der Waals surface area contributed by atoms with E-state index in [0.717, 1.165) is 44.0 Å². The Morgan fingerprint density at radius 2 is 2.24 bits per heavy atom. The molecule has 3 aliphatic rings. The van der Waals surface area contributed by atoms with Crippen molar-refractivity contribution in [1.29, 1.82) is 0 Å². The van der Waals surface area contributed by atoms with Gasteiger partial charge in [0.25, 0.3) is 0 Å². The Hall–Kier alpha value is -2.29. The SMILES string of the molecule is Cc1[nH]cnc1CN1C[C@@H]2CC[C@H](C1)N(C(=O)CCn1cnnn1)C2. The number of imidazole rings is 1. The summed E-state index contributed by atoms with van der Waals surface area (Å²) in [5.41, 5.74) is 2.24. The average molecular weight is 344 g/mol. The van der Waals surface area contributed by atoms with Crippen LogP contribution in [-0.2, 0) is 17.9 Å². The molecule has 3 saturated heterocycles. The molecule has 25 heavy (non-hydrogen) atoms. The predicted octanol–water partition coefficient (Wildman–Crippen LogP) is 0.218. The Kier molecular flexibility index (Phi) is 4.48. The van der Waals surface area contributed by atoms with Gasteiger partial charge in [0.1, 0.15) is 6.33 Å². The summed E-state index contributed by atoms with van der Waals surface area (Å²) in [4.78, 5) is 24.8. The van der Waals surface area contributed by atoms with E-state index in [-0.39, 0.29) is 5.91 Å². The van der Waals surface area contributed by atoms with E-state index < -0.39 is 0 Å². The molecule has 2 bridgehead atoms. The molecule has 1 amide bonds. The number of aromatic amines is 1. The normalized spacial score (nSPS) is 23.8. The van der Waals surface area contributed by atoms with Crippen LogP contribution in [0.3, 0.4) is 0 Å². The predicted molar refractivity (Wildman–Crippen MR) is 89.3 cm³/mol. The second-order valence-electron chi connectivity index (χ2n) is 7.13. The fourth-order valence-electron chi connectivity index (χ4n) is 4.01. The summed E-state index contributed by atoms with van der Waals surface area (Å²) in [6.45, 7) is 6.29. The van der Waals surface area contributed by atoms with Crippen molar-refractivity contribution in [1.82, 2.24) is 40.0 Å². The summed E-state index contributed by atoms with van der Waals surface area (Å²) >= 11 is 0. The number of aryl methyl sites for hydroxylation is 2. The van der Waals surface area contributed by atoms with Gasteiger partial charge in [-0.2, -0.15) is 0 Å². The van der Waals surface area contributed by atoms with E-state index in [1.54, 1.807) is 17.3 Å². The number of carbonyl (C=O) groups excluding carboxylic acids is 1. The molecule has 2 atom stereocenters. The first-order valence-electron chi connectivity index (χ1n) is 8.90. The molecule has 134 valence electrons. The van der Waals surface area contributed by atoms with Gasteiger partial charge in [-0.15, -0.1) is 5.10 Å². The molecule has 0 saturated carbocycles. The molecule has 3 fully saturated rings. The number of hydrogen-bond donors (Lipinski definition) is 1. The molecular weight excluding hydrogens is 320 g/mol. The van der Waals surface area contributed by atoms with Gasteiger partial charge in [-0.05, 0) is 36.1 Å². The van der Waals surface area contributed by atoms with Gasteiger partial charge in [-0.25, -0.2) is 9.67 Å². The fraction of sp³-hybridized carbons (Fsp3) is 0.688. The number of piperidine rings is 1. The van der Waals surface area contributed by atoms with E-state index >= 15 is 0 Å². The zero-order chi connectivity index (χ0) is 17.2. The molecule has 5 heterocycles. The van der Waals surface area contributed by atoms with Gasteiger partial charge < -0.3 is 9.88 Å². The quantitative estimate of drug-likeness (QED) is 0.833. The summed E-state index contributed by atoms with van der Waals surface area (Å²) < 4.78 is 1.61. The molecule has 0 radical (unpaired) electrons. The van der Waals surface area contributed by atoms with E-state index in [9.17, 15) is 4.79 Å². The van der Waals surface area contributed by atoms with Crippen LogP contribution >= 0.6 is 0 Å². The summed E-state index contributed by atoms with van der Waals surface area (Å²) in [6.07, 6.45) is 6.06. The lowest BCUT2D eigenvalue weighted by Crippen LogP contribution is -2.47. The summed E-state index contributed by atoms with van der Waals surface area (Å²) in [5, 5.41) is 11.0. The fourth-order valence-corrected chi connectivity index (χ4v) is 4.01. The molecule has 3 aliphatic heterocycles. The van der Waals surface area contributed by atoms with Crippen LogP contribution in [0.5, 0.6) is 0 Å². The number of nitrogens with zero attached hydrogens (tertiary/aromatic N) is 7. The largest absolute Gasteiger partial charge is 0.348 e. The van der Waals surface area contributed by atoms with Crippen LogP contribution in [0.4, 0.5) is 0 Å². The van der Waals surface area contributed by atoms with E-state index in [0.29, 0.717) is 24.9 Å². The van der Waals surface area contributed by atoms with Crippen molar-refractivity contribution in [2.75, 3.05) is 19.6 Å². The summed E-state index contributed by atoms with van der Waals surface area (Å²) in [7, 11) is 0. The van der Waals surface area contributed by atoms with Crippen molar-refractivity contribution < 1.29 is 4.79 Å². The number of amides is 1. The summed E-state index contributed by atoms with van der Waals surface area (Å²) in [6, 6.07) is 0.305. The number of H-pyrrole nitrogens is 1. The van der Waals surface area contributed by atoms with Crippen LogP contribution in [-0.4, -0.2) is 71.6 Å². The lowest BCUT2D eigenvalue weighted by atomic mass is 9.94. The van der Waals surface area contributed by atoms with Crippen molar-refractivity contribution in [2.45, 2.75) is 45.3 Å². The highest BCUT2D eigenvalue weighted by Crippen LogP contribution is 2.29. The number of hydrogen-bond acceptors (Lipinski definition) is 6. The van der Waals surface area contributed by atoms with Crippen LogP contribution in [0.2, 0.25) is 0 Å². The highest BCUT2D eigenvalue weighted by Gasteiger charge is 2.37. The average Bonchev–Trinajstić information content (AvgIpc) is 3.18. The van der Waals surface area contributed by atoms with Gasteiger partial charge in [0.15, 0.2) is 0 Å². The van der Waals surface area contributed by atoms with E-state index in [4.69, 9.17) is 0 Å². The maximum atomic E-state index is 12.7. The van der Waals surface area contributed by atoms with Crippen LogP contribution in [0.1, 0.15) is 30.7 Å². The Morgan fingerprint density at radius 3 is 3.00 bits per heavy atom. The number of nitrogens with one attached hydrogen (secondary N) is 1. The van der Waals surface area contributed by atoms with Crippen molar-refractivity contribution in [2.24, 2.45) is 5.92 Å². The minimum atomic E-state index is 0.211. The monoisotopic (exact) mass is 344 g/mol. The van der Waals surface area contributed by atoms with Crippen LogP contribution < -0.4 is 0 Å². The number of fused-ring (bicyclic) bond motifs is 4. The van der Waals surface area contributed by atoms with Crippen LogP contribution in [0.15, 0.2) is 12.7 Å². The number of carbonyl (C=O) groups is 1. The van der Waals surface area contributed by atoms with Gasteiger partial charge in [-0.3, -0.25) is 9.69 Å². The van der Waals surface area contributed by atoms with Gasteiger partial charge in [-0.1, -0.05) is 0 Å². The maximum Gasteiger partial charge on any atom is 0.224 e. The van der Waals surface area contributed by atoms with E-state index in [2.05, 4.69) is 42.2 Å². The molecule has 5 rings (SSSR count). The zero-order valence-electron chi connectivity index (χ0n) is 14.5. The Balaban J connectivity index is 1.39. The van der Waals surface area contributed by atoms with Gasteiger partial charge >= 0.3 is 0 Å². The Bertz CT molecular complexity index is 712. The highest BCUT2D eigenvalue weighted by atomic mass is 16.2. The smallest absolute Gasteiger partial charge is 0.224 e. The van der Waals surface area contributed by atoms with Crippen molar-refractivity contribution >= 4 is 5.91 Å². The lowest BCUT2D eigenvalue weighted by molar-refractivity contribution is -0.135. The second kappa shape index (κ2) is 6.91. The molecule has 9 heteroatoms. The first kappa shape index (κ1) is 16.2. The van der Waals surface area contributed by atoms with E-state index in [1.165, 1.54) is 6.42 Å². The second-order valence-corrected chi connectivity index (χ2v) is 7.13. The molecular formula is C16H24N8O. The third-order valence-corrected chi connectivity index (χ3v) is 5.36. The third-order valence-electron chi connectivity index (χ3n) is 5.36. The number of aromatic nitrogens is 6. The Morgan fingerprint density at radius 1 is 1.32 bits per heavy atom. The van der Waals surface area contributed by atoms with Crippen LogP contribution in [0.25, 0.3) is 0 Å². The third kappa shape index (κ3) is 3.55. The van der Waals surface area contributed by atoms with Crippen molar-refractivity contribution in [3.8, 4) is 0 Å². The first-order chi connectivity index (χ1) is 12.2. The highest BCUT2D eigenvalue weighted by molar-refractivity contribution is 5.76. The number of tetrazole rings is 1. The number of rotatable bonds is 5. The first-order valence-corrected chi connectivity index (χ1v) is 8.90. The van der Waals surface area contributed by atoms with Crippen LogP contribution in [0, 0.1) is 12.8 Å². The maximum absolute atomic E-state index is 12.7. The van der Waals surface area contributed by atoms with Gasteiger partial charge in [0.05, 0.1) is 18.6 Å². The van der Waals surface area contributed by atoms with Crippen molar-refractivity contribution in [3.05, 3.63) is 24.0 Å². The molecule has 0 unspecified atom stereocenters. The Labute approximate surface area is 146 Å². The molecule has 0 aliphatic carbocycles. The zero-order valence-corrected chi connectivity index (χ0v) is 14.5. The molecule has 0 spiro atoms. The molecule has 9 nitrogen and oxygen atoms in total. The van der Waals surface area contributed by atoms with Crippen molar-refractivity contribution in [3.63, 3.8) is 0 Å². The van der Waals surface area contributed by atoms with E-state index in [1.807, 2.05) is 0 Å². The minimum absolute atomic E-state index is 0.211. The van der Waals surface area contributed by atoms with Gasteiger partial charge in [0.2, 0.25) is 5.91 Å². The standard InChI is InChI=1S/C16H24N8O/c1-12-15(18-10-17-12)9-22-6-13-2-3-14(8-22)24(7-13)16(25)4-5-23-11-19-20-21-23/h10-11,13-14H,2-9H2,1H3,(H,17,18)/t13-,14+/m0/s1. The summed E-state index contributed by atoms with van der Waals surface area (Å²) in [5.74, 6) is 0.762.